The number of hydrogen-bond donors (Lipinski definition) is 2. The third-order valence-electron chi connectivity index (χ3n) is 4.13. The first kappa shape index (κ1) is 14.5. The highest BCUT2D eigenvalue weighted by Gasteiger charge is 2.33. The first-order valence-corrected chi connectivity index (χ1v) is 9.45. The van der Waals surface area contributed by atoms with Gasteiger partial charge in [-0.1, -0.05) is 12.1 Å². The van der Waals surface area contributed by atoms with Crippen molar-refractivity contribution < 1.29 is 0 Å². The van der Waals surface area contributed by atoms with Gasteiger partial charge in [-0.05, 0) is 58.6 Å². The van der Waals surface area contributed by atoms with Crippen LogP contribution in [0.5, 0.6) is 0 Å². The fraction of sp³-hybridized carbons (Fsp3) is 0.312. The Hall–Kier alpha value is -1.08. The largest absolute Gasteiger partial charge is 0.351 e. The number of thiophene rings is 1. The summed E-state index contributed by atoms with van der Waals surface area (Å²) in [5.41, 5.74) is 4.07. The molecule has 1 unspecified atom stereocenters. The molecule has 0 saturated heterocycles. The quantitative estimate of drug-likeness (QED) is 0.760. The number of hydrogen-bond acceptors (Lipinski definition) is 4. The molecule has 3 aliphatic heterocycles. The Labute approximate surface area is 144 Å². The van der Waals surface area contributed by atoms with Crippen LogP contribution in [0, 0.1) is 0 Å². The number of nitrogens with zero attached hydrogens (tertiary/aromatic N) is 1. The van der Waals surface area contributed by atoms with Gasteiger partial charge in [0.1, 0.15) is 0 Å². The Morgan fingerprint density at radius 1 is 1.36 bits per heavy atom. The minimum absolute atomic E-state index is 0.196. The van der Waals surface area contributed by atoms with Gasteiger partial charge in [0, 0.05) is 23.7 Å². The Bertz CT molecular complexity index is 690. The molecule has 1 atom stereocenters. The lowest BCUT2D eigenvalue weighted by atomic mass is 9.92. The van der Waals surface area contributed by atoms with Crippen molar-refractivity contribution in [3.63, 3.8) is 0 Å². The van der Waals surface area contributed by atoms with E-state index in [4.69, 9.17) is 12.2 Å². The lowest BCUT2D eigenvalue weighted by Crippen LogP contribution is -2.49. The Kier molecular flexibility index (Phi) is 3.86. The van der Waals surface area contributed by atoms with Gasteiger partial charge in [-0.3, -0.25) is 4.90 Å². The molecule has 0 fully saturated rings. The van der Waals surface area contributed by atoms with E-state index in [0.717, 1.165) is 24.6 Å². The smallest absolute Gasteiger partial charge is 0.171 e. The molecule has 22 heavy (non-hydrogen) atoms. The van der Waals surface area contributed by atoms with Crippen molar-refractivity contribution >= 4 is 40.4 Å². The minimum atomic E-state index is 0.196. The highest BCUT2D eigenvalue weighted by molar-refractivity contribution is 8.06. The molecule has 3 nitrogen and oxygen atoms in total. The molecule has 4 rings (SSSR count). The number of rotatable bonds is 1. The summed E-state index contributed by atoms with van der Waals surface area (Å²) in [7, 11) is 2.19. The van der Waals surface area contributed by atoms with Crippen molar-refractivity contribution in [2.45, 2.75) is 12.5 Å². The fourth-order valence-electron chi connectivity index (χ4n) is 3.18. The summed E-state index contributed by atoms with van der Waals surface area (Å²) in [6, 6.07) is 4.49. The number of allylic oxidation sites excluding steroid dienone is 2. The van der Waals surface area contributed by atoms with Crippen LogP contribution in [0.1, 0.15) is 17.3 Å². The summed E-state index contributed by atoms with van der Waals surface area (Å²) < 4.78 is 0. The van der Waals surface area contributed by atoms with Gasteiger partial charge in [0.15, 0.2) is 5.11 Å². The average Bonchev–Trinajstić information content (AvgIpc) is 3.19. The first-order valence-electron chi connectivity index (χ1n) is 7.29. The zero-order chi connectivity index (χ0) is 15.1. The molecular formula is C16H17N3S3. The standard InChI is InChI=1S/C16H17N3S3/c1-19-8-10(12-4-2-6-21-12)14-11(9-19)15(18-16(20)17-14)13-5-3-7-22-13/h2-3,5-7,15H,4,8-9H2,1H3,(H2,17,18,20)/b12-10-. The maximum absolute atomic E-state index is 5.47. The summed E-state index contributed by atoms with van der Waals surface area (Å²) in [6.45, 7) is 1.95. The van der Waals surface area contributed by atoms with Crippen molar-refractivity contribution in [3.05, 3.63) is 55.6 Å². The number of nitrogens with one attached hydrogen (secondary N) is 2. The van der Waals surface area contributed by atoms with Gasteiger partial charge in [0.25, 0.3) is 0 Å². The normalized spacial score (nSPS) is 28.6. The zero-order valence-electron chi connectivity index (χ0n) is 12.3. The Morgan fingerprint density at radius 2 is 2.27 bits per heavy atom. The molecule has 4 heterocycles. The van der Waals surface area contributed by atoms with E-state index < -0.39 is 0 Å². The molecule has 114 valence electrons. The average molecular weight is 348 g/mol. The van der Waals surface area contributed by atoms with Crippen LogP contribution in [0.25, 0.3) is 0 Å². The van der Waals surface area contributed by atoms with E-state index in [-0.39, 0.29) is 6.04 Å². The van der Waals surface area contributed by atoms with Crippen molar-refractivity contribution in [2.24, 2.45) is 0 Å². The van der Waals surface area contributed by atoms with Gasteiger partial charge in [0.05, 0.1) is 6.04 Å². The molecule has 0 aromatic carbocycles. The van der Waals surface area contributed by atoms with Gasteiger partial charge >= 0.3 is 0 Å². The third-order valence-corrected chi connectivity index (χ3v) is 6.31. The summed E-state index contributed by atoms with van der Waals surface area (Å²) in [5, 5.41) is 11.9. The van der Waals surface area contributed by atoms with E-state index in [0.29, 0.717) is 0 Å². The second-order valence-electron chi connectivity index (χ2n) is 5.71. The van der Waals surface area contributed by atoms with E-state index in [9.17, 15) is 0 Å². The van der Waals surface area contributed by atoms with Gasteiger partial charge in [0.2, 0.25) is 0 Å². The van der Waals surface area contributed by atoms with Crippen LogP contribution in [0.15, 0.2) is 50.7 Å². The lowest BCUT2D eigenvalue weighted by molar-refractivity contribution is 0.363. The van der Waals surface area contributed by atoms with Crippen LogP contribution in [-0.4, -0.2) is 30.1 Å². The van der Waals surface area contributed by atoms with Crippen LogP contribution >= 0.6 is 35.3 Å². The highest BCUT2D eigenvalue weighted by atomic mass is 32.2. The van der Waals surface area contributed by atoms with Crippen molar-refractivity contribution in [3.8, 4) is 0 Å². The van der Waals surface area contributed by atoms with E-state index in [1.807, 2.05) is 11.8 Å². The molecule has 0 radical (unpaired) electrons. The molecule has 1 aromatic rings. The van der Waals surface area contributed by atoms with Gasteiger partial charge < -0.3 is 10.6 Å². The van der Waals surface area contributed by atoms with Crippen LogP contribution in [0.3, 0.4) is 0 Å². The second-order valence-corrected chi connectivity index (χ2v) is 8.10. The molecule has 6 heteroatoms. The molecule has 0 bridgehead atoms. The molecule has 1 aromatic heterocycles. The SMILES string of the molecule is CN1CC2=C(NC(=S)NC2c2cccs2)/C(=C2/CC=CS2)C1. The predicted molar refractivity (Wildman–Crippen MR) is 98.8 cm³/mol. The molecule has 0 amide bonds. The second kappa shape index (κ2) is 5.85. The fourth-order valence-corrected chi connectivity index (χ4v) is 5.07. The van der Waals surface area contributed by atoms with Crippen molar-refractivity contribution in [1.82, 2.24) is 15.5 Å². The predicted octanol–water partition coefficient (Wildman–Crippen LogP) is 3.37. The number of thiocarbonyl (C=S) groups is 1. The topological polar surface area (TPSA) is 27.3 Å². The van der Waals surface area contributed by atoms with Crippen LogP contribution in [0.4, 0.5) is 0 Å². The van der Waals surface area contributed by atoms with Gasteiger partial charge in [-0.15, -0.1) is 23.1 Å². The van der Waals surface area contributed by atoms with Crippen LogP contribution in [-0.2, 0) is 0 Å². The summed E-state index contributed by atoms with van der Waals surface area (Å²) in [4.78, 5) is 5.16. The number of thioether (sulfide) groups is 1. The van der Waals surface area contributed by atoms with E-state index in [1.165, 1.54) is 26.6 Å². The summed E-state index contributed by atoms with van der Waals surface area (Å²) in [5.74, 6) is 0. The van der Waals surface area contributed by atoms with E-state index in [2.05, 4.69) is 51.6 Å². The van der Waals surface area contributed by atoms with E-state index >= 15 is 0 Å². The maximum Gasteiger partial charge on any atom is 0.171 e. The van der Waals surface area contributed by atoms with Crippen molar-refractivity contribution in [1.29, 1.82) is 0 Å². The summed E-state index contributed by atoms with van der Waals surface area (Å²) >= 11 is 9.10. The molecule has 2 N–H and O–H groups in total. The minimum Gasteiger partial charge on any atom is -0.351 e. The summed E-state index contributed by atoms with van der Waals surface area (Å²) in [6.07, 6.45) is 3.27. The molecule has 0 aliphatic carbocycles. The van der Waals surface area contributed by atoms with Gasteiger partial charge in [-0.2, -0.15) is 0 Å². The molecule has 0 spiro atoms. The zero-order valence-corrected chi connectivity index (χ0v) is 14.7. The first-order chi connectivity index (χ1) is 10.7. The van der Waals surface area contributed by atoms with Gasteiger partial charge in [-0.25, -0.2) is 0 Å². The molecule has 0 saturated carbocycles. The molecular weight excluding hydrogens is 330 g/mol. The maximum atomic E-state index is 5.47. The van der Waals surface area contributed by atoms with Crippen molar-refractivity contribution in [2.75, 3.05) is 20.1 Å². The highest BCUT2D eigenvalue weighted by Crippen LogP contribution is 2.40. The monoisotopic (exact) mass is 347 g/mol. The molecule has 3 aliphatic rings. The Morgan fingerprint density at radius 3 is 3.00 bits per heavy atom. The van der Waals surface area contributed by atoms with Crippen LogP contribution < -0.4 is 10.6 Å². The number of likely N-dealkylation sites (N-methyl/N-ethyl adjacent to an activating group) is 1. The van der Waals surface area contributed by atoms with Crippen LogP contribution in [0.2, 0.25) is 0 Å². The Balaban J connectivity index is 1.83. The van der Waals surface area contributed by atoms with E-state index in [1.54, 1.807) is 11.3 Å². The third kappa shape index (κ3) is 2.54. The lowest BCUT2D eigenvalue weighted by Gasteiger charge is -2.39.